The standard InChI is InChI=1S/C20H25Cl2N3O/c1-4-16-19(14-8-6-12(21)10-15(14)22)24-17(5-2)20(25-16)18-9-7-13(23-18)11-26-3/h6,8,10,13,18,23H,4-5,7,9,11H2,1-3H3/t13-,18?/m1/s1. The molecule has 0 saturated carbocycles. The highest BCUT2D eigenvalue weighted by molar-refractivity contribution is 6.36. The largest absolute Gasteiger partial charge is 0.383 e. The second kappa shape index (κ2) is 8.66. The van der Waals surface area contributed by atoms with Gasteiger partial charge in [-0.3, -0.25) is 4.98 Å². The molecule has 1 unspecified atom stereocenters. The molecule has 2 aromatic rings. The van der Waals surface area contributed by atoms with E-state index in [-0.39, 0.29) is 6.04 Å². The predicted octanol–water partition coefficient (Wildman–Crippen LogP) is 5.01. The molecule has 2 atom stereocenters. The second-order valence-electron chi connectivity index (χ2n) is 6.63. The highest BCUT2D eigenvalue weighted by Gasteiger charge is 2.29. The first-order chi connectivity index (χ1) is 12.6. The van der Waals surface area contributed by atoms with Crippen LogP contribution in [0.1, 0.15) is 49.8 Å². The summed E-state index contributed by atoms with van der Waals surface area (Å²) in [6.07, 6.45) is 3.78. The third-order valence-corrected chi connectivity index (χ3v) is 5.41. The lowest BCUT2D eigenvalue weighted by molar-refractivity contribution is 0.171. The maximum absolute atomic E-state index is 6.43. The average Bonchev–Trinajstić information content (AvgIpc) is 3.09. The summed E-state index contributed by atoms with van der Waals surface area (Å²) in [6, 6.07) is 6.14. The van der Waals surface area contributed by atoms with Gasteiger partial charge in [-0.1, -0.05) is 37.0 Å². The van der Waals surface area contributed by atoms with Gasteiger partial charge in [-0.25, -0.2) is 4.98 Å². The van der Waals surface area contributed by atoms with Crippen LogP contribution in [0.4, 0.5) is 0 Å². The number of methoxy groups -OCH3 is 1. The molecule has 1 aliphatic heterocycles. The van der Waals surface area contributed by atoms with E-state index in [0.29, 0.717) is 16.1 Å². The lowest BCUT2D eigenvalue weighted by atomic mass is 10.0. The lowest BCUT2D eigenvalue weighted by Gasteiger charge is -2.19. The number of nitrogens with one attached hydrogen (secondary N) is 1. The molecule has 1 aliphatic rings. The summed E-state index contributed by atoms with van der Waals surface area (Å²) >= 11 is 12.5. The maximum atomic E-state index is 6.43. The minimum atomic E-state index is 0.234. The summed E-state index contributed by atoms with van der Waals surface area (Å²) in [7, 11) is 1.74. The van der Waals surface area contributed by atoms with Crippen LogP contribution >= 0.6 is 23.2 Å². The Hall–Kier alpha value is -1.20. The van der Waals surface area contributed by atoms with E-state index < -0.39 is 0 Å². The number of aryl methyl sites for hydroxylation is 2. The molecule has 0 amide bonds. The van der Waals surface area contributed by atoms with Gasteiger partial charge in [0.15, 0.2) is 0 Å². The molecule has 26 heavy (non-hydrogen) atoms. The topological polar surface area (TPSA) is 47.0 Å². The van der Waals surface area contributed by atoms with Crippen molar-refractivity contribution in [3.8, 4) is 11.3 Å². The number of aromatic nitrogens is 2. The van der Waals surface area contributed by atoms with Crippen molar-refractivity contribution >= 4 is 23.2 Å². The van der Waals surface area contributed by atoms with E-state index in [2.05, 4.69) is 19.2 Å². The average molecular weight is 394 g/mol. The van der Waals surface area contributed by atoms with Gasteiger partial charge in [-0.2, -0.15) is 0 Å². The van der Waals surface area contributed by atoms with Gasteiger partial charge < -0.3 is 10.1 Å². The first kappa shape index (κ1) is 19.6. The molecular formula is C20H25Cl2N3O. The van der Waals surface area contributed by atoms with Crippen LogP contribution in [-0.2, 0) is 17.6 Å². The van der Waals surface area contributed by atoms with Crippen LogP contribution in [0.25, 0.3) is 11.3 Å². The Morgan fingerprint density at radius 1 is 1.12 bits per heavy atom. The predicted molar refractivity (Wildman–Crippen MR) is 107 cm³/mol. The van der Waals surface area contributed by atoms with Crippen LogP contribution in [0, 0.1) is 0 Å². The minimum absolute atomic E-state index is 0.234. The van der Waals surface area contributed by atoms with Crippen molar-refractivity contribution in [3.05, 3.63) is 45.3 Å². The van der Waals surface area contributed by atoms with Gasteiger partial charge in [0, 0.05) is 23.7 Å². The SMILES string of the molecule is CCc1nc(C2CC[C@H](COC)N2)c(CC)nc1-c1ccc(Cl)cc1Cl. The second-order valence-corrected chi connectivity index (χ2v) is 7.47. The van der Waals surface area contributed by atoms with Gasteiger partial charge in [0.25, 0.3) is 0 Å². The van der Waals surface area contributed by atoms with Gasteiger partial charge in [0.05, 0.1) is 40.4 Å². The summed E-state index contributed by atoms with van der Waals surface area (Å²) in [6.45, 7) is 4.95. The van der Waals surface area contributed by atoms with Crippen molar-refractivity contribution in [1.82, 2.24) is 15.3 Å². The number of nitrogens with zero attached hydrogens (tertiary/aromatic N) is 2. The van der Waals surface area contributed by atoms with Gasteiger partial charge in [0.2, 0.25) is 0 Å². The fourth-order valence-electron chi connectivity index (χ4n) is 3.57. The van der Waals surface area contributed by atoms with Crippen molar-refractivity contribution in [1.29, 1.82) is 0 Å². The molecule has 0 spiro atoms. The van der Waals surface area contributed by atoms with Crippen LogP contribution in [-0.4, -0.2) is 29.7 Å². The van der Waals surface area contributed by atoms with Crippen LogP contribution in [0.5, 0.6) is 0 Å². The van der Waals surface area contributed by atoms with E-state index in [1.807, 2.05) is 12.1 Å². The Morgan fingerprint density at radius 3 is 2.54 bits per heavy atom. The molecule has 140 valence electrons. The third kappa shape index (κ3) is 4.04. The quantitative estimate of drug-likeness (QED) is 0.748. The normalized spacial score (nSPS) is 19.9. The molecule has 1 saturated heterocycles. The van der Waals surface area contributed by atoms with Crippen LogP contribution in [0.15, 0.2) is 18.2 Å². The van der Waals surface area contributed by atoms with E-state index in [0.717, 1.165) is 60.6 Å². The molecule has 6 heteroatoms. The van der Waals surface area contributed by atoms with Crippen molar-refractivity contribution in [3.63, 3.8) is 0 Å². The zero-order valence-electron chi connectivity index (χ0n) is 15.5. The fraction of sp³-hybridized carbons (Fsp3) is 0.500. The van der Waals surface area contributed by atoms with Crippen LogP contribution in [0.3, 0.4) is 0 Å². The molecule has 0 bridgehead atoms. The monoisotopic (exact) mass is 393 g/mol. The number of benzene rings is 1. The van der Waals surface area contributed by atoms with E-state index in [1.54, 1.807) is 13.2 Å². The van der Waals surface area contributed by atoms with Crippen molar-refractivity contribution in [2.75, 3.05) is 13.7 Å². The molecule has 0 radical (unpaired) electrons. The molecule has 1 aromatic carbocycles. The Kier molecular flexibility index (Phi) is 6.51. The Bertz CT molecular complexity index is 782. The number of rotatable bonds is 6. The van der Waals surface area contributed by atoms with Gasteiger partial charge in [-0.15, -0.1) is 0 Å². The summed E-state index contributed by atoms with van der Waals surface area (Å²) in [5.74, 6) is 0. The fourth-order valence-corrected chi connectivity index (χ4v) is 4.07. The zero-order valence-corrected chi connectivity index (χ0v) is 17.0. The number of hydrogen-bond donors (Lipinski definition) is 1. The maximum Gasteiger partial charge on any atom is 0.0935 e. The Labute approximate surface area is 165 Å². The molecule has 4 nitrogen and oxygen atoms in total. The minimum Gasteiger partial charge on any atom is -0.383 e. The van der Waals surface area contributed by atoms with E-state index >= 15 is 0 Å². The van der Waals surface area contributed by atoms with Gasteiger partial charge in [-0.05, 0) is 43.9 Å². The van der Waals surface area contributed by atoms with Crippen molar-refractivity contribution in [2.45, 2.75) is 51.6 Å². The highest BCUT2D eigenvalue weighted by Crippen LogP contribution is 2.34. The van der Waals surface area contributed by atoms with Crippen LogP contribution in [0.2, 0.25) is 10.0 Å². The van der Waals surface area contributed by atoms with Gasteiger partial charge in [0.1, 0.15) is 0 Å². The smallest absolute Gasteiger partial charge is 0.0935 e. The molecule has 0 aliphatic carbocycles. The van der Waals surface area contributed by atoms with E-state index in [4.69, 9.17) is 37.9 Å². The highest BCUT2D eigenvalue weighted by atomic mass is 35.5. The van der Waals surface area contributed by atoms with Crippen molar-refractivity contribution < 1.29 is 4.74 Å². The summed E-state index contributed by atoms with van der Waals surface area (Å²) in [5, 5.41) is 4.87. The molecule has 2 heterocycles. The summed E-state index contributed by atoms with van der Waals surface area (Å²) < 4.78 is 5.29. The Balaban J connectivity index is 2.01. The summed E-state index contributed by atoms with van der Waals surface area (Å²) in [4.78, 5) is 10.00. The number of halogens is 2. The van der Waals surface area contributed by atoms with E-state index in [9.17, 15) is 0 Å². The Morgan fingerprint density at radius 2 is 1.88 bits per heavy atom. The third-order valence-electron chi connectivity index (χ3n) is 4.87. The molecular weight excluding hydrogens is 369 g/mol. The van der Waals surface area contributed by atoms with Crippen molar-refractivity contribution in [2.24, 2.45) is 0 Å². The molecule has 3 rings (SSSR count). The molecule has 1 N–H and O–H groups in total. The first-order valence-electron chi connectivity index (χ1n) is 9.17. The first-order valence-corrected chi connectivity index (χ1v) is 9.93. The number of hydrogen-bond acceptors (Lipinski definition) is 4. The zero-order chi connectivity index (χ0) is 18.7. The lowest BCUT2D eigenvalue weighted by Crippen LogP contribution is -2.29. The molecule has 1 aromatic heterocycles. The van der Waals surface area contributed by atoms with Crippen LogP contribution < -0.4 is 5.32 Å². The summed E-state index contributed by atoms with van der Waals surface area (Å²) in [5.41, 5.74) is 4.81. The van der Waals surface area contributed by atoms with E-state index in [1.165, 1.54) is 0 Å². The molecule has 1 fully saturated rings. The number of ether oxygens (including phenoxy) is 1. The van der Waals surface area contributed by atoms with Gasteiger partial charge >= 0.3 is 0 Å².